The van der Waals surface area contributed by atoms with E-state index < -0.39 is 0 Å². The third-order valence-electron chi connectivity index (χ3n) is 4.13. The van der Waals surface area contributed by atoms with Crippen molar-refractivity contribution in [2.75, 3.05) is 12.0 Å². The maximum absolute atomic E-state index is 12.5. The number of nitrogens with zero attached hydrogens (tertiary/aromatic N) is 1. The maximum atomic E-state index is 12.5. The fourth-order valence-corrected chi connectivity index (χ4v) is 3.02. The first kappa shape index (κ1) is 14.4. The van der Waals surface area contributed by atoms with Crippen molar-refractivity contribution in [2.45, 2.75) is 12.5 Å². The Morgan fingerprint density at radius 1 is 1.14 bits per heavy atom. The molecule has 1 amide bonds. The fraction of sp³-hybridized carbons (Fsp3) is 0.211. The molecular weight excluding hydrogens is 274 g/mol. The van der Waals surface area contributed by atoms with Gasteiger partial charge < -0.3 is 9.64 Å². The van der Waals surface area contributed by atoms with Crippen molar-refractivity contribution in [2.24, 2.45) is 5.92 Å². The number of methoxy groups -OCH3 is 1. The van der Waals surface area contributed by atoms with Gasteiger partial charge in [0.2, 0.25) is 5.91 Å². The highest BCUT2D eigenvalue weighted by atomic mass is 16.5. The maximum Gasteiger partial charge on any atom is 0.233 e. The molecule has 0 aromatic heterocycles. The first-order chi connectivity index (χ1) is 10.8. The molecule has 0 aliphatic carbocycles. The van der Waals surface area contributed by atoms with Gasteiger partial charge in [-0.2, -0.15) is 0 Å². The van der Waals surface area contributed by atoms with Gasteiger partial charge in [-0.25, -0.2) is 0 Å². The molecular formula is C19H19NO2. The summed E-state index contributed by atoms with van der Waals surface area (Å²) in [6.07, 6.45) is 2.51. The third kappa shape index (κ3) is 2.39. The summed E-state index contributed by atoms with van der Waals surface area (Å²) in [6, 6.07) is 17.8. The van der Waals surface area contributed by atoms with Crippen LogP contribution in [-0.4, -0.2) is 13.0 Å². The molecule has 1 heterocycles. The molecule has 1 saturated heterocycles. The average Bonchev–Trinajstić information content (AvgIpc) is 2.58. The summed E-state index contributed by atoms with van der Waals surface area (Å²) < 4.78 is 5.21. The second kappa shape index (κ2) is 6.06. The number of amides is 1. The first-order valence-electron chi connectivity index (χ1n) is 7.39. The van der Waals surface area contributed by atoms with Crippen molar-refractivity contribution in [3.8, 4) is 5.75 Å². The summed E-state index contributed by atoms with van der Waals surface area (Å²) in [4.78, 5) is 14.4. The Morgan fingerprint density at radius 2 is 1.82 bits per heavy atom. The van der Waals surface area contributed by atoms with Crippen LogP contribution in [0.15, 0.2) is 67.3 Å². The quantitative estimate of drug-likeness (QED) is 0.616. The summed E-state index contributed by atoms with van der Waals surface area (Å²) in [5.41, 5.74) is 2.06. The Morgan fingerprint density at radius 3 is 2.41 bits per heavy atom. The summed E-state index contributed by atoms with van der Waals surface area (Å²) >= 11 is 0. The van der Waals surface area contributed by atoms with Gasteiger partial charge in [0.25, 0.3) is 0 Å². The molecule has 2 atom stereocenters. The number of carbonyl (C=O) groups is 1. The third-order valence-corrected chi connectivity index (χ3v) is 4.13. The number of β-lactam (4-membered cyclic amide) rings is 1. The molecule has 112 valence electrons. The van der Waals surface area contributed by atoms with Crippen LogP contribution in [0.25, 0.3) is 0 Å². The molecule has 0 spiro atoms. The van der Waals surface area contributed by atoms with Crippen LogP contribution in [0.1, 0.15) is 18.0 Å². The van der Waals surface area contributed by atoms with E-state index in [0.29, 0.717) is 6.42 Å². The minimum absolute atomic E-state index is 0.0360. The lowest BCUT2D eigenvalue weighted by molar-refractivity contribution is -0.130. The number of hydrogen-bond acceptors (Lipinski definition) is 2. The number of para-hydroxylation sites is 1. The predicted octanol–water partition coefficient (Wildman–Crippen LogP) is 3.98. The predicted molar refractivity (Wildman–Crippen MR) is 88.0 cm³/mol. The Bertz CT molecular complexity index is 664. The molecule has 0 unspecified atom stereocenters. The molecule has 0 saturated carbocycles. The van der Waals surface area contributed by atoms with E-state index in [1.807, 2.05) is 65.6 Å². The van der Waals surface area contributed by atoms with Gasteiger partial charge in [-0.3, -0.25) is 4.79 Å². The Kier molecular flexibility index (Phi) is 3.96. The molecule has 22 heavy (non-hydrogen) atoms. The van der Waals surface area contributed by atoms with Gasteiger partial charge >= 0.3 is 0 Å². The number of rotatable bonds is 5. The Balaban J connectivity index is 1.95. The van der Waals surface area contributed by atoms with Crippen LogP contribution in [-0.2, 0) is 4.79 Å². The molecule has 3 heteroatoms. The molecule has 1 aliphatic heterocycles. The average molecular weight is 293 g/mol. The highest BCUT2D eigenvalue weighted by Gasteiger charge is 2.47. The Hall–Kier alpha value is -2.55. The van der Waals surface area contributed by atoms with E-state index in [1.165, 1.54) is 0 Å². The highest BCUT2D eigenvalue weighted by Crippen LogP contribution is 2.45. The number of carbonyl (C=O) groups excluding carboxylic acids is 1. The van der Waals surface area contributed by atoms with Crippen molar-refractivity contribution in [3.63, 3.8) is 0 Å². The van der Waals surface area contributed by atoms with Gasteiger partial charge in [-0.05, 0) is 36.2 Å². The van der Waals surface area contributed by atoms with Crippen LogP contribution in [0.4, 0.5) is 5.69 Å². The zero-order valence-electron chi connectivity index (χ0n) is 12.6. The van der Waals surface area contributed by atoms with Crippen molar-refractivity contribution in [1.29, 1.82) is 0 Å². The minimum Gasteiger partial charge on any atom is -0.497 e. The van der Waals surface area contributed by atoms with E-state index >= 15 is 0 Å². The van der Waals surface area contributed by atoms with Crippen molar-refractivity contribution >= 4 is 11.6 Å². The number of hydrogen-bond donors (Lipinski definition) is 0. The zero-order valence-corrected chi connectivity index (χ0v) is 12.6. The highest BCUT2D eigenvalue weighted by molar-refractivity contribution is 6.03. The van der Waals surface area contributed by atoms with E-state index in [4.69, 9.17) is 4.74 Å². The summed E-state index contributed by atoms with van der Waals surface area (Å²) in [7, 11) is 1.65. The number of allylic oxidation sites excluding steroid dienone is 1. The Labute approximate surface area is 130 Å². The van der Waals surface area contributed by atoms with E-state index in [1.54, 1.807) is 7.11 Å². The van der Waals surface area contributed by atoms with Crippen molar-refractivity contribution in [1.82, 2.24) is 0 Å². The summed E-state index contributed by atoms with van der Waals surface area (Å²) in [5.74, 6) is 0.943. The smallest absolute Gasteiger partial charge is 0.233 e. The van der Waals surface area contributed by atoms with Crippen LogP contribution < -0.4 is 9.64 Å². The van der Waals surface area contributed by atoms with Gasteiger partial charge in [0.05, 0.1) is 19.1 Å². The zero-order chi connectivity index (χ0) is 15.5. The van der Waals surface area contributed by atoms with Crippen LogP contribution in [0, 0.1) is 5.92 Å². The lowest BCUT2D eigenvalue weighted by Crippen LogP contribution is -2.55. The van der Waals surface area contributed by atoms with Crippen LogP contribution >= 0.6 is 0 Å². The largest absolute Gasteiger partial charge is 0.497 e. The number of anilines is 1. The van der Waals surface area contributed by atoms with Crippen molar-refractivity contribution < 1.29 is 9.53 Å². The minimum atomic E-state index is -0.0360. The molecule has 3 nitrogen and oxygen atoms in total. The lowest BCUT2D eigenvalue weighted by atomic mass is 9.80. The van der Waals surface area contributed by atoms with E-state index in [0.717, 1.165) is 17.0 Å². The topological polar surface area (TPSA) is 29.5 Å². The van der Waals surface area contributed by atoms with Crippen LogP contribution in [0.3, 0.4) is 0 Å². The van der Waals surface area contributed by atoms with Gasteiger partial charge in [0.15, 0.2) is 0 Å². The first-order valence-corrected chi connectivity index (χ1v) is 7.39. The second-order valence-electron chi connectivity index (χ2n) is 5.39. The summed E-state index contributed by atoms with van der Waals surface area (Å²) in [6.45, 7) is 3.78. The standard InChI is InChI=1S/C19H19NO2/c1-3-7-17-18(14-10-12-16(22-2)13-11-14)20(19(17)21)15-8-5-4-6-9-15/h3-6,8-13,17-18H,1,7H2,2H3/t17-,18-/m1/s1. The lowest BCUT2D eigenvalue weighted by Gasteiger charge is -2.47. The van der Waals surface area contributed by atoms with E-state index in [-0.39, 0.29) is 17.9 Å². The number of benzene rings is 2. The van der Waals surface area contributed by atoms with Gasteiger partial charge in [0.1, 0.15) is 5.75 Å². The van der Waals surface area contributed by atoms with Crippen LogP contribution in [0.2, 0.25) is 0 Å². The molecule has 3 rings (SSSR count). The summed E-state index contributed by atoms with van der Waals surface area (Å²) in [5, 5.41) is 0. The normalized spacial score (nSPS) is 20.4. The molecule has 1 aliphatic rings. The van der Waals surface area contributed by atoms with E-state index in [2.05, 4.69) is 6.58 Å². The molecule has 0 N–H and O–H groups in total. The van der Waals surface area contributed by atoms with Gasteiger partial charge in [-0.1, -0.05) is 36.4 Å². The molecule has 0 bridgehead atoms. The van der Waals surface area contributed by atoms with Crippen LogP contribution in [0.5, 0.6) is 5.75 Å². The molecule has 2 aromatic carbocycles. The van der Waals surface area contributed by atoms with Gasteiger partial charge in [-0.15, -0.1) is 6.58 Å². The molecule has 0 radical (unpaired) electrons. The molecule has 2 aromatic rings. The van der Waals surface area contributed by atoms with Crippen molar-refractivity contribution in [3.05, 3.63) is 72.8 Å². The monoisotopic (exact) mass is 293 g/mol. The number of ether oxygens (including phenoxy) is 1. The second-order valence-corrected chi connectivity index (χ2v) is 5.39. The fourth-order valence-electron chi connectivity index (χ4n) is 3.02. The SMILES string of the molecule is C=CC[C@H]1C(=O)N(c2ccccc2)[C@@H]1c1ccc(OC)cc1. The van der Waals surface area contributed by atoms with E-state index in [9.17, 15) is 4.79 Å². The van der Waals surface area contributed by atoms with Gasteiger partial charge in [0, 0.05) is 5.69 Å². The molecule has 1 fully saturated rings.